The molecule has 0 radical (unpaired) electrons. The van der Waals surface area contributed by atoms with Crippen LogP contribution in [0.25, 0.3) is 0 Å². The maximum absolute atomic E-state index is 5.50. The summed E-state index contributed by atoms with van der Waals surface area (Å²) < 4.78 is 0.462. The first-order valence-corrected chi connectivity index (χ1v) is 2.77. The van der Waals surface area contributed by atoms with Gasteiger partial charge in [-0.3, -0.25) is 4.59 Å². The first kappa shape index (κ1) is 7.21. The molecular weight excluding hydrogens is 112 g/mol. The molecule has 3 heteroatoms. The summed E-state index contributed by atoms with van der Waals surface area (Å²) in [6.07, 6.45) is 0. The van der Waals surface area contributed by atoms with E-state index in [1.807, 2.05) is 14.1 Å². The van der Waals surface area contributed by atoms with Crippen LogP contribution in [0.5, 0.6) is 0 Å². The van der Waals surface area contributed by atoms with E-state index in [1.54, 1.807) is 0 Å². The Balaban J connectivity index is 3.15. The maximum Gasteiger partial charge on any atom is 0.109 e. The van der Waals surface area contributed by atoms with Crippen LogP contribution >= 0.6 is 11.6 Å². The van der Waals surface area contributed by atoms with E-state index in [0.29, 0.717) is 10.5 Å². The molecule has 0 aromatic rings. The number of hydrogen-bond donors (Lipinski definition) is 1. The molecule has 0 saturated carbocycles. The minimum Gasteiger partial charge on any atom is -0.252 e. The summed E-state index contributed by atoms with van der Waals surface area (Å²) in [5, 5.41) is 0. The Morgan fingerprint density at radius 2 is 2.00 bits per heavy atom. The summed E-state index contributed by atoms with van der Waals surface area (Å²) in [4.78, 5) is 0. The Labute approximate surface area is 49.4 Å². The van der Waals surface area contributed by atoms with Crippen LogP contribution in [-0.2, 0) is 0 Å². The van der Waals surface area contributed by atoms with Crippen molar-refractivity contribution in [2.24, 2.45) is 5.84 Å². The summed E-state index contributed by atoms with van der Waals surface area (Å²) in [7, 11) is 3.81. The predicted octanol–water partition coefficient (Wildman–Crippen LogP) is 0.175. The van der Waals surface area contributed by atoms with E-state index in [-0.39, 0.29) is 0 Å². The average Bonchev–Trinajstić information content (AvgIpc) is 1.30. The minimum atomic E-state index is 0.462. The predicted molar refractivity (Wildman–Crippen MR) is 31.9 cm³/mol. The van der Waals surface area contributed by atoms with Gasteiger partial charge in [-0.15, -0.1) is 11.6 Å². The van der Waals surface area contributed by atoms with Crippen molar-refractivity contribution in [3.63, 3.8) is 0 Å². The van der Waals surface area contributed by atoms with Crippen molar-refractivity contribution < 1.29 is 4.59 Å². The van der Waals surface area contributed by atoms with Gasteiger partial charge in [0, 0.05) is 0 Å². The fourth-order valence-corrected chi connectivity index (χ4v) is 0.653. The summed E-state index contributed by atoms with van der Waals surface area (Å²) in [6, 6.07) is 0. The van der Waals surface area contributed by atoms with Gasteiger partial charge >= 0.3 is 0 Å². The number of halogens is 1. The van der Waals surface area contributed by atoms with E-state index in [4.69, 9.17) is 17.4 Å². The number of alkyl halides is 1. The number of nitrogens with two attached hydrogens (primary N) is 1. The van der Waals surface area contributed by atoms with Gasteiger partial charge in [0.2, 0.25) is 0 Å². The number of rotatable bonds is 2. The molecule has 0 aliphatic rings. The molecule has 0 saturated heterocycles. The van der Waals surface area contributed by atoms with Crippen molar-refractivity contribution in [1.29, 1.82) is 0 Å². The van der Waals surface area contributed by atoms with Gasteiger partial charge < -0.3 is 0 Å². The molecular formula is C4H12ClN2+. The molecule has 0 heterocycles. The molecule has 0 bridgehead atoms. The third-order valence-electron chi connectivity index (χ3n) is 0.661. The molecule has 0 aliphatic carbocycles. The zero-order valence-electron chi connectivity index (χ0n) is 4.82. The number of quaternary nitrogens is 1. The smallest absolute Gasteiger partial charge is 0.109 e. The number of hydrogen-bond acceptors (Lipinski definition) is 1. The normalized spacial score (nSPS) is 12.0. The van der Waals surface area contributed by atoms with E-state index >= 15 is 0 Å². The first-order valence-electron chi connectivity index (χ1n) is 2.24. The van der Waals surface area contributed by atoms with Gasteiger partial charge in [-0.2, -0.15) is 5.84 Å². The molecule has 0 aromatic carbocycles. The van der Waals surface area contributed by atoms with Crippen LogP contribution in [-0.4, -0.2) is 31.1 Å². The van der Waals surface area contributed by atoms with Crippen molar-refractivity contribution in [3.8, 4) is 0 Å². The summed E-state index contributed by atoms with van der Waals surface area (Å²) in [5.74, 6) is 6.13. The molecule has 7 heavy (non-hydrogen) atoms. The third kappa shape index (κ3) is 6.21. The number of nitrogens with zero attached hydrogens (tertiary/aromatic N) is 1. The Morgan fingerprint density at radius 1 is 1.57 bits per heavy atom. The van der Waals surface area contributed by atoms with Gasteiger partial charge in [0.1, 0.15) is 6.54 Å². The molecule has 0 rings (SSSR count). The molecule has 2 N–H and O–H groups in total. The van der Waals surface area contributed by atoms with E-state index in [0.717, 1.165) is 6.54 Å². The third-order valence-corrected chi connectivity index (χ3v) is 0.830. The molecule has 44 valence electrons. The molecule has 0 amide bonds. The van der Waals surface area contributed by atoms with E-state index in [1.165, 1.54) is 0 Å². The first-order chi connectivity index (χ1) is 3.06. The average molecular weight is 124 g/mol. The monoisotopic (exact) mass is 123 g/mol. The second kappa shape index (κ2) is 2.50. The Morgan fingerprint density at radius 3 is 2.00 bits per heavy atom. The molecule has 0 atom stereocenters. The highest BCUT2D eigenvalue weighted by molar-refractivity contribution is 6.17. The highest BCUT2D eigenvalue weighted by Gasteiger charge is 2.03. The zero-order valence-corrected chi connectivity index (χ0v) is 5.57. The van der Waals surface area contributed by atoms with Crippen molar-refractivity contribution in [2.75, 3.05) is 26.5 Å². The van der Waals surface area contributed by atoms with Crippen LogP contribution in [0, 0.1) is 0 Å². The topological polar surface area (TPSA) is 26.0 Å². The lowest BCUT2D eigenvalue weighted by molar-refractivity contribution is -0.899. The SMILES string of the molecule is C[N+](C)(N)CCCl. The Hall–Kier alpha value is 0.210. The minimum absolute atomic E-state index is 0.462. The molecule has 0 fully saturated rings. The van der Waals surface area contributed by atoms with Crippen LogP contribution in [0.2, 0.25) is 0 Å². The highest BCUT2D eigenvalue weighted by Crippen LogP contribution is 1.84. The highest BCUT2D eigenvalue weighted by atomic mass is 35.5. The molecule has 0 unspecified atom stereocenters. The van der Waals surface area contributed by atoms with Crippen LogP contribution in [0.4, 0.5) is 0 Å². The standard InChI is InChI=1S/C4H12ClN2/c1-7(2,6)4-3-5/h3-4,6H2,1-2H3/q+1. The Bertz CT molecular complexity index is 48.1. The molecule has 0 aliphatic heterocycles. The van der Waals surface area contributed by atoms with E-state index in [9.17, 15) is 0 Å². The summed E-state index contributed by atoms with van der Waals surface area (Å²) in [6.45, 7) is 0.821. The van der Waals surface area contributed by atoms with Gasteiger partial charge in [-0.25, -0.2) is 0 Å². The molecule has 0 spiro atoms. The van der Waals surface area contributed by atoms with Crippen LogP contribution in [0.15, 0.2) is 0 Å². The quantitative estimate of drug-likeness (QED) is 0.241. The molecule has 0 aromatic heterocycles. The maximum atomic E-state index is 5.50. The largest absolute Gasteiger partial charge is 0.252 e. The fourth-order valence-electron chi connectivity index (χ4n) is 0.218. The van der Waals surface area contributed by atoms with E-state index in [2.05, 4.69) is 0 Å². The molecule has 2 nitrogen and oxygen atoms in total. The van der Waals surface area contributed by atoms with Crippen LogP contribution in [0.3, 0.4) is 0 Å². The van der Waals surface area contributed by atoms with Crippen LogP contribution < -0.4 is 5.84 Å². The second-order valence-electron chi connectivity index (χ2n) is 2.19. The lowest BCUT2D eigenvalue weighted by Crippen LogP contribution is -2.47. The van der Waals surface area contributed by atoms with Crippen molar-refractivity contribution in [1.82, 2.24) is 0 Å². The summed E-state index contributed by atoms with van der Waals surface area (Å²) >= 11 is 5.39. The van der Waals surface area contributed by atoms with Gasteiger partial charge in [-0.05, 0) is 0 Å². The lowest BCUT2D eigenvalue weighted by atomic mass is 10.6. The van der Waals surface area contributed by atoms with Crippen molar-refractivity contribution in [3.05, 3.63) is 0 Å². The zero-order chi connectivity index (χ0) is 5.91. The van der Waals surface area contributed by atoms with Crippen molar-refractivity contribution >= 4 is 11.6 Å². The van der Waals surface area contributed by atoms with Gasteiger partial charge in [0.15, 0.2) is 0 Å². The van der Waals surface area contributed by atoms with Gasteiger partial charge in [0.05, 0.1) is 20.0 Å². The van der Waals surface area contributed by atoms with E-state index < -0.39 is 0 Å². The van der Waals surface area contributed by atoms with Crippen molar-refractivity contribution in [2.45, 2.75) is 0 Å². The van der Waals surface area contributed by atoms with Gasteiger partial charge in [0.25, 0.3) is 0 Å². The lowest BCUT2D eigenvalue weighted by Gasteiger charge is -2.20. The van der Waals surface area contributed by atoms with Crippen LogP contribution in [0.1, 0.15) is 0 Å². The fraction of sp³-hybridized carbons (Fsp3) is 1.00. The Kier molecular flexibility index (Phi) is 2.58. The second-order valence-corrected chi connectivity index (χ2v) is 2.57. The van der Waals surface area contributed by atoms with Gasteiger partial charge in [-0.1, -0.05) is 0 Å². The summed E-state index contributed by atoms with van der Waals surface area (Å²) in [5.41, 5.74) is 0.